The third-order valence-corrected chi connectivity index (χ3v) is 4.44. The van der Waals surface area contributed by atoms with Gasteiger partial charge in [0.05, 0.1) is 0 Å². The van der Waals surface area contributed by atoms with Crippen molar-refractivity contribution in [3.05, 3.63) is 69.0 Å². The summed E-state index contributed by atoms with van der Waals surface area (Å²) in [7, 11) is 0. The third kappa shape index (κ3) is 4.72. The van der Waals surface area contributed by atoms with Crippen LogP contribution < -0.4 is 11.2 Å². The van der Waals surface area contributed by atoms with E-state index in [0.717, 1.165) is 29.9 Å². The van der Waals surface area contributed by atoms with Gasteiger partial charge in [0.1, 0.15) is 6.54 Å². The van der Waals surface area contributed by atoms with Crippen molar-refractivity contribution in [3.63, 3.8) is 0 Å². The maximum Gasteiger partial charge on any atom is 0.328 e. The molecule has 0 radical (unpaired) electrons. The van der Waals surface area contributed by atoms with Crippen molar-refractivity contribution in [2.24, 2.45) is 0 Å². The minimum atomic E-state index is -1.06. The van der Waals surface area contributed by atoms with Gasteiger partial charge in [-0.25, -0.2) is 4.79 Å². The first-order chi connectivity index (χ1) is 13.0. The molecular formula is C19H21N3O5. The normalized spacial score (nSPS) is 15.2. The fourth-order valence-electron chi connectivity index (χ4n) is 3.05. The molecule has 0 spiro atoms. The molecule has 1 aromatic carbocycles. The molecule has 1 aliphatic rings. The zero-order valence-electron chi connectivity index (χ0n) is 14.8. The van der Waals surface area contributed by atoms with Crippen molar-refractivity contribution < 1.29 is 14.3 Å². The van der Waals surface area contributed by atoms with Gasteiger partial charge in [0.25, 0.3) is 11.5 Å². The number of aromatic amines is 1. The third-order valence-electron chi connectivity index (χ3n) is 4.44. The molecule has 2 aromatic rings. The highest BCUT2D eigenvalue weighted by molar-refractivity contribution is 5.85. The number of nitrogens with one attached hydrogen (secondary N) is 1. The molecule has 1 fully saturated rings. The molecule has 1 saturated heterocycles. The van der Waals surface area contributed by atoms with Crippen molar-refractivity contribution in [2.75, 3.05) is 13.1 Å². The minimum absolute atomic E-state index is 0.261. The Labute approximate surface area is 155 Å². The topological polar surface area (TPSA) is 101 Å². The van der Waals surface area contributed by atoms with Gasteiger partial charge < -0.3 is 9.64 Å². The number of hydrogen-bond acceptors (Lipinski definition) is 5. The van der Waals surface area contributed by atoms with Gasteiger partial charge in [0.15, 0.2) is 0 Å². The number of rotatable bonds is 5. The van der Waals surface area contributed by atoms with Crippen LogP contribution in [0.2, 0.25) is 0 Å². The number of benzene rings is 1. The van der Waals surface area contributed by atoms with Crippen molar-refractivity contribution in [3.8, 4) is 0 Å². The summed E-state index contributed by atoms with van der Waals surface area (Å²) in [5, 5.41) is 0. The number of carbonyl (C=O) groups is 2. The Kier molecular flexibility index (Phi) is 5.85. The molecule has 0 bridgehead atoms. The number of piperidine rings is 1. The maximum absolute atomic E-state index is 12.9. The fraction of sp³-hybridized carbons (Fsp3) is 0.368. The van der Waals surface area contributed by atoms with E-state index >= 15 is 0 Å². The summed E-state index contributed by atoms with van der Waals surface area (Å²) in [5.41, 5.74) is -0.680. The molecule has 1 amide bonds. The quantitative estimate of drug-likeness (QED) is 0.785. The Bertz CT molecular complexity index is 913. The fourth-order valence-corrected chi connectivity index (χ4v) is 3.05. The Morgan fingerprint density at radius 2 is 1.74 bits per heavy atom. The average molecular weight is 371 g/mol. The molecular weight excluding hydrogens is 350 g/mol. The average Bonchev–Trinajstić information content (AvgIpc) is 2.69. The molecule has 1 aliphatic heterocycles. The first kappa shape index (κ1) is 18.6. The zero-order valence-corrected chi connectivity index (χ0v) is 14.8. The summed E-state index contributed by atoms with van der Waals surface area (Å²) >= 11 is 0. The van der Waals surface area contributed by atoms with Crippen LogP contribution >= 0.6 is 0 Å². The highest BCUT2D eigenvalue weighted by Gasteiger charge is 2.30. The van der Waals surface area contributed by atoms with Crippen molar-refractivity contribution in [1.29, 1.82) is 0 Å². The molecule has 0 saturated carbocycles. The van der Waals surface area contributed by atoms with E-state index < -0.39 is 29.9 Å². The molecule has 0 unspecified atom stereocenters. The first-order valence-corrected chi connectivity index (χ1v) is 8.87. The molecule has 27 heavy (non-hydrogen) atoms. The van der Waals surface area contributed by atoms with Crippen LogP contribution in [0.4, 0.5) is 0 Å². The highest BCUT2D eigenvalue weighted by Crippen LogP contribution is 2.22. The van der Waals surface area contributed by atoms with Crippen LogP contribution in [0, 0.1) is 0 Å². The Morgan fingerprint density at radius 1 is 1.04 bits per heavy atom. The second-order valence-electron chi connectivity index (χ2n) is 6.40. The lowest BCUT2D eigenvalue weighted by molar-refractivity contribution is -0.162. The van der Waals surface area contributed by atoms with Crippen LogP contribution in [0.25, 0.3) is 0 Å². The number of esters is 1. The summed E-state index contributed by atoms with van der Waals surface area (Å²) < 4.78 is 6.48. The molecule has 142 valence electrons. The Hall–Kier alpha value is -3.16. The summed E-state index contributed by atoms with van der Waals surface area (Å²) in [4.78, 5) is 51.9. The minimum Gasteiger partial charge on any atom is -0.446 e. The molecule has 8 heteroatoms. The van der Waals surface area contributed by atoms with Crippen LogP contribution in [0.1, 0.15) is 30.9 Å². The maximum atomic E-state index is 12.9. The summed E-state index contributed by atoms with van der Waals surface area (Å²) in [6.07, 6.45) is 3.08. The van der Waals surface area contributed by atoms with E-state index in [-0.39, 0.29) is 5.91 Å². The van der Waals surface area contributed by atoms with E-state index in [2.05, 4.69) is 4.98 Å². The number of ether oxygens (including phenoxy) is 1. The van der Waals surface area contributed by atoms with E-state index in [9.17, 15) is 19.2 Å². The lowest BCUT2D eigenvalue weighted by Gasteiger charge is -2.30. The SMILES string of the molecule is O=C(Cn1ccc(=O)[nH]c1=O)O[C@H](C(=O)N1CCCCC1)c1ccccc1. The van der Waals surface area contributed by atoms with Crippen LogP contribution in [0.15, 0.2) is 52.2 Å². The highest BCUT2D eigenvalue weighted by atomic mass is 16.5. The van der Waals surface area contributed by atoms with Gasteiger partial charge in [-0.15, -0.1) is 0 Å². The van der Waals surface area contributed by atoms with Crippen molar-refractivity contribution >= 4 is 11.9 Å². The van der Waals surface area contributed by atoms with Crippen LogP contribution in [-0.4, -0.2) is 39.4 Å². The second-order valence-corrected chi connectivity index (χ2v) is 6.40. The number of aromatic nitrogens is 2. The molecule has 2 heterocycles. The second kappa shape index (κ2) is 8.48. The predicted molar refractivity (Wildman–Crippen MR) is 97.0 cm³/mol. The van der Waals surface area contributed by atoms with Gasteiger partial charge in [0.2, 0.25) is 6.10 Å². The molecule has 1 aromatic heterocycles. The number of hydrogen-bond donors (Lipinski definition) is 1. The van der Waals surface area contributed by atoms with Gasteiger partial charge >= 0.3 is 11.7 Å². The first-order valence-electron chi connectivity index (χ1n) is 8.87. The van der Waals surface area contributed by atoms with Gasteiger partial charge in [-0.05, 0) is 19.3 Å². The van der Waals surface area contributed by atoms with Crippen LogP contribution in [0.3, 0.4) is 0 Å². The summed E-state index contributed by atoms with van der Waals surface area (Å²) in [6.45, 7) is 0.879. The smallest absolute Gasteiger partial charge is 0.328 e. The van der Waals surface area contributed by atoms with Crippen molar-refractivity contribution in [1.82, 2.24) is 14.5 Å². The van der Waals surface area contributed by atoms with E-state index in [1.54, 1.807) is 29.2 Å². The predicted octanol–water partition coefficient (Wildman–Crippen LogP) is 0.834. The zero-order chi connectivity index (χ0) is 19.2. The summed E-state index contributed by atoms with van der Waals surface area (Å²) in [5.74, 6) is -0.994. The molecule has 1 atom stereocenters. The van der Waals surface area contributed by atoms with E-state index in [0.29, 0.717) is 18.7 Å². The number of carbonyl (C=O) groups excluding carboxylic acids is 2. The Balaban J connectivity index is 1.78. The van der Waals surface area contributed by atoms with Gasteiger partial charge in [-0.3, -0.25) is 23.9 Å². The van der Waals surface area contributed by atoms with Crippen LogP contribution in [-0.2, 0) is 20.9 Å². The van der Waals surface area contributed by atoms with Gasteiger partial charge in [0, 0.05) is 30.9 Å². The van der Waals surface area contributed by atoms with Crippen molar-refractivity contribution in [2.45, 2.75) is 31.9 Å². The number of H-pyrrole nitrogens is 1. The number of amides is 1. The van der Waals surface area contributed by atoms with Gasteiger partial charge in [-0.2, -0.15) is 0 Å². The van der Waals surface area contributed by atoms with Crippen LogP contribution in [0.5, 0.6) is 0 Å². The monoisotopic (exact) mass is 371 g/mol. The number of likely N-dealkylation sites (tertiary alicyclic amines) is 1. The summed E-state index contributed by atoms with van der Waals surface area (Å²) in [6, 6.07) is 9.95. The standard InChI is InChI=1S/C19H21N3O5/c23-15-9-12-22(19(26)20-15)13-16(24)27-17(14-7-3-1-4-8-14)18(25)21-10-5-2-6-11-21/h1,3-4,7-9,12,17H,2,5-6,10-11,13H2,(H,20,23,26)/t17-/m0/s1. The lowest BCUT2D eigenvalue weighted by Crippen LogP contribution is -2.40. The van der Waals surface area contributed by atoms with E-state index in [1.807, 2.05) is 6.07 Å². The molecule has 8 nitrogen and oxygen atoms in total. The number of nitrogens with zero attached hydrogens (tertiary/aromatic N) is 2. The largest absolute Gasteiger partial charge is 0.446 e. The molecule has 3 rings (SSSR count). The molecule has 1 N–H and O–H groups in total. The van der Waals surface area contributed by atoms with E-state index in [4.69, 9.17) is 4.74 Å². The lowest BCUT2D eigenvalue weighted by atomic mass is 10.1. The Morgan fingerprint density at radius 3 is 2.41 bits per heavy atom. The van der Waals surface area contributed by atoms with E-state index in [1.165, 1.54) is 6.20 Å². The van der Waals surface area contributed by atoms with Gasteiger partial charge in [-0.1, -0.05) is 30.3 Å². The molecule has 0 aliphatic carbocycles.